The second-order valence-electron chi connectivity index (χ2n) is 4.34. The Hall–Kier alpha value is -2.55. The van der Waals surface area contributed by atoms with E-state index in [1.165, 1.54) is 0 Å². The topological polar surface area (TPSA) is 37.6 Å². The highest BCUT2D eigenvalue weighted by Crippen LogP contribution is 2.28. The molecule has 3 aromatic rings. The minimum absolute atomic E-state index is 0.845. The zero-order valence-electron chi connectivity index (χ0n) is 10.6. The molecule has 0 fully saturated rings. The summed E-state index contributed by atoms with van der Waals surface area (Å²) >= 11 is 0. The van der Waals surface area contributed by atoms with E-state index in [0.717, 1.165) is 27.8 Å². The minimum Gasteiger partial charge on any atom is -0.256 e. The molecule has 0 bridgehead atoms. The zero-order chi connectivity index (χ0) is 13.1. The summed E-state index contributed by atoms with van der Waals surface area (Å²) in [6.07, 6.45) is 1.80. The third kappa shape index (κ3) is 2.36. The van der Waals surface area contributed by atoms with Crippen LogP contribution in [0.15, 0.2) is 71.0 Å². The fourth-order valence-corrected chi connectivity index (χ4v) is 1.99. The minimum atomic E-state index is 0.845. The van der Waals surface area contributed by atoms with Crippen LogP contribution in [-0.2, 0) is 0 Å². The maximum Gasteiger partial charge on any atom is 0.0951 e. The molecule has 0 unspecified atom stereocenters. The van der Waals surface area contributed by atoms with Crippen LogP contribution in [0.1, 0.15) is 5.56 Å². The second kappa shape index (κ2) is 4.98. The fraction of sp³-hybridized carbons (Fsp3) is 0.0625. The van der Waals surface area contributed by atoms with Gasteiger partial charge in [0.15, 0.2) is 0 Å². The Morgan fingerprint density at radius 1 is 0.842 bits per heavy atom. The van der Waals surface area contributed by atoms with E-state index in [1.54, 1.807) is 6.20 Å². The van der Waals surface area contributed by atoms with Crippen molar-refractivity contribution >= 4 is 22.3 Å². The monoisotopic (exact) mass is 247 g/mol. The van der Waals surface area contributed by atoms with Crippen molar-refractivity contribution in [2.24, 2.45) is 10.2 Å². The average Bonchev–Trinajstić information content (AvgIpc) is 2.48. The Morgan fingerprint density at radius 2 is 1.68 bits per heavy atom. The van der Waals surface area contributed by atoms with Crippen LogP contribution in [0.2, 0.25) is 0 Å². The maximum atomic E-state index is 4.39. The van der Waals surface area contributed by atoms with Crippen LogP contribution in [0.5, 0.6) is 0 Å². The smallest absolute Gasteiger partial charge is 0.0951 e. The van der Waals surface area contributed by atoms with E-state index in [2.05, 4.69) is 15.2 Å². The molecule has 0 spiro atoms. The van der Waals surface area contributed by atoms with Crippen molar-refractivity contribution in [1.82, 2.24) is 4.98 Å². The van der Waals surface area contributed by atoms with E-state index in [-0.39, 0.29) is 0 Å². The summed E-state index contributed by atoms with van der Waals surface area (Å²) in [7, 11) is 0. The predicted molar refractivity (Wildman–Crippen MR) is 77.1 cm³/mol. The Morgan fingerprint density at radius 3 is 2.53 bits per heavy atom. The predicted octanol–water partition coefficient (Wildman–Crippen LogP) is 4.96. The van der Waals surface area contributed by atoms with Gasteiger partial charge in [-0.3, -0.25) is 4.98 Å². The van der Waals surface area contributed by atoms with E-state index in [0.29, 0.717) is 0 Å². The molecule has 2 aromatic carbocycles. The molecule has 19 heavy (non-hydrogen) atoms. The molecule has 0 aliphatic carbocycles. The summed E-state index contributed by atoms with van der Waals surface area (Å²) in [5.74, 6) is 0. The number of benzene rings is 2. The van der Waals surface area contributed by atoms with Crippen molar-refractivity contribution in [3.8, 4) is 0 Å². The number of fused-ring (bicyclic) bond motifs is 1. The summed E-state index contributed by atoms with van der Waals surface area (Å²) in [6, 6.07) is 17.7. The molecule has 92 valence electrons. The SMILES string of the molecule is Cc1ccc(N=Nc2ccccc2)c2cccnc12. The standard InChI is InChI=1S/C16H13N3/c1-12-9-10-15(14-8-5-11-17-16(12)14)19-18-13-6-3-2-4-7-13/h2-11H,1H3. The molecule has 3 rings (SSSR count). The number of aromatic nitrogens is 1. The molecule has 0 saturated carbocycles. The largest absolute Gasteiger partial charge is 0.256 e. The lowest BCUT2D eigenvalue weighted by Gasteiger charge is -2.03. The Balaban J connectivity index is 2.07. The Labute approximate surface area is 111 Å². The lowest BCUT2D eigenvalue weighted by molar-refractivity contribution is 1.23. The zero-order valence-corrected chi connectivity index (χ0v) is 10.6. The van der Waals surface area contributed by atoms with Gasteiger partial charge in [-0.2, -0.15) is 5.11 Å². The fourth-order valence-electron chi connectivity index (χ4n) is 1.99. The third-order valence-corrected chi connectivity index (χ3v) is 2.98. The summed E-state index contributed by atoms with van der Waals surface area (Å²) in [6.45, 7) is 2.05. The third-order valence-electron chi connectivity index (χ3n) is 2.98. The van der Waals surface area contributed by atoms with Crippen molar-refractivity contribution in [3.05, 3.63) is 66.4 Å². The van der Waals surface area contributed by atoms with E-state index in [4.69, 9.17) is 0 Å². The lowest BCUT2D eigenvalue weighted by atomic mass is 10.1. The van der Waals surface area contributed by atoms with Crippen LogP contribution < -0.4 is 0 Å². The van der Waals surface area contributed by atoms with Gasteiger partial charge in [-0.25, -0.2) is 0 Å². The first-order valence-corrected chi connectivity index (χ1v) is 6.16. The van der Waals surface area contributed by atoms with Crippen molar-refractivity contribution in [2.75, 3.05) is 0 Å². The summed E-state index contributed by atoms with van der Waals surface area (Å²) in [5, 5.41) is 9.61. The second-order valence-corrected chi connectivity index (χ2v) is 4.34. The quantitative estimate of drug-likeness (QED) is 0.590. The number of rotatable bonds is 2. The molecule has 3 heteroatoms. The summed E-state index contributed by atoms with van der Waals surface area (Å²) in [5.41, 5.74) is 3.82. The van der Waals surface area contributed by atoms with Gasteiger partial charge in [0.25, 0.3) is 0 Å². The molecule has 0 amide bonds. The number of nitrogens with zero attached hydrogens (tertiary/aromatic N) is 3. The van der Waals surface area contributed by atoms with Gasteiger partial charge < -0.3 is 0 Å². The van der Waals surface area contributed by atoms with Crippen LogP contribution in [-0.4, -0.2) is 4.98 Å². The van der Waals surface area contributed by atoms with E-state index >= 15 is 0 Å². The van der Waals surface area contributed by atoms with Gasteiger partial charge in [0.1, 0.15) is 0 Å². The van der Waals surface area contributed by atoms with Crippen LogP contribution >= 0.6 is 0 Å². The highest BCUT2D eigenvalue weighted by molar-refractivity contribution is 5.91. The molecule has 0 atom stereocenters. The van der Waals surface area contributed by atoms with E-state index < -0.39 is 0 Å². The number of azo groups is 1. The number of hydrogen-bond donors (Lipinski definition) is 0. The lowest BCUT2D eigenvalue weighted by Crippen LogP contribution is -1.82. The average molecular weight is 247 g/mol. The van der Waals surface area contributed by atoms with Gasteiger partial charge in [0.05, 0.1) is 16.9 Å². The van der Waals surface area contributed by atoms with Crippen molar-refractivity contribution in [1.29, 1.82) is 0 Å². The van der Waals surface area contributed by atoms with Crippen molar-refractivity contribution in [3.63, 3.8) is 0 Å². The highest BCUT2D eigenvalue weighted by Gasteiger charge is 2.03. The summed E-state index contributed by atoms with van der Waals surface area (Å²) < 4.78 is 0. The molecule has 0 radical (unpaired) electrons. The maximum absolute atomic E-state index is 4.39. The van der Waals surface area contributed by atoms with Crippen molar-refractivity contribution < 1.29 is 0 Å². The van der Waals surface area contributed by atoms with Gasteiger partial charge in [0.2, 0.25) is 0 Å². The molecule has 1 heterocycles. The van der Waals surface area contributed by atoms with E-state index in [1.807, 2.05) is 61.5 Å². The number of pyridine rings is 1. The number of aryl methyl sites for hydroxylation is 1. The first-order valence-electron chi connectivity index (χ1n) is 6.16. The van der Waals surface area contributed by atoms with Crippen LogP contribution in [0.3, 0.4) is 0 Å². The van der Waals surface area contributed by atoms with Crippen LogP contribution in [0.25, 0.3) is 10.9 Å². The normalized spacial score (nSPS) is 11.2. The molecule has 0 N–H and O–H groups in total. The van der Waals surface area contributed by atoms with Crippen molar-refractivity contribution in [2.45, 2.75) is 6.92 Å². The Bertz CT molecular complexity index is 733. The summed E-state index contributed by atoms with van der Waals surface area (Å²) in [4.78, 5) is 4.39. The van der Waals surface area contributed by atoms with Crippen LogP contribution in [0.4, 0.5) is 11.4 Å². The van der Waals surface area contributed by atoms with Gasteiger partial charge in [-0.15, -0.1) is 5.11 Å². The molecular formula is C16H13N3. The molecule has 0 aliphatic rings. The van der Waals surface area contributed by atoms with Gasteiger partial charge in [-0.1, -0.05) is 24.3 Å². The van der Waals surface area contributed by atoms with E-state index in [9.17, 15) is 0 Å². The molecular weight excluding hydrogens is 234 g/mol. The number of hydrogen-bond acceptors (Lipinski definition) is 3. The highest BCUT2D eigenvalue weighted by atomic mass is 15.1. The molecule has 1 aromatic heterocycles. The van der Waals surface area contributed by atoms with Gasteiger partial charge >= 0.3 is 0 Å². The van der Waals surface area contributed by atoms with Crippen LogP contribution in [0, 0.1) is 6.92 Å². The first kappa shape index (κ1) is 11.5. The Kier molecular flexibility index (Phi) is 3.02. The van der Waals surface area contributed by atoms with Gasteiger partial charge in [-0.05, 0) is 42.8 Å². The molecule has 0 aliphatic heterocycles. The first-order chi connectivity index (χ1) is 9.34. The molecule has 0 saturated heterocycles. The van der Waals surface area contributed by atoms with Gasteiger partial charge in [0, 0.05) is 11.6 Å². The molecule has 3 nitrogen and oxygen atoms in total.